The Morgan fingerprint density at radius 2 is 0.804 bits per heavy atom. The maximum atomic E-state index is 12.7. The van der Waals surface area contributed by atoms with E-state index in [0.29, 0.717) is 12.8 Å². The first-order valence-corrected chi connectivity index (χ1v) is 21.9. The van der Waals surface area contributed by atoms with E-state index in [9.17, 15) is 14.4 Å². The molecule has 6 heteroatoms. The molecule has 0 fully saturated rings. The van der Waals surface area contributed by atoms with Gasteiger partial charge in [0.1, 0.15) is 13.2 Å². The predicted octanol–water partition coefficient (Wildman–Crippen LogP) is 14.0. The molecule has 0 radical (unpaired) electrons. The third-order valence-electron chi connectivity index (χ3n) is 8.54. The summed E-state index contributed by atoms with van der Waals surface area (Å²) >= 11 is 0. The van der Waals surface area contributed by atoms with Gasteiger partial charge in [0.15, 0.2) is 6.10 Å². The molecule has 1 unspecified atom stereocenters. The van der Waals surface area contributed by atoms with E-state index >= 15 is 0 Å². The molecule has 0 aliphatic carbocycles. The van der Waals surface area contributed by atoms with E-state index in [1.165, 1.54) is 38.5 Å². The summed E-state index contributed by atoms with van der Waals surface area (Å²) < 4.78 is 16.5. The summed E-state index contributed by atoms with van der Waals surface area (Å²) in [6.07, 6.45) is 58.3. The fourth-order valence-electron chi connectivity index (χ4n) is 5.31. The highest BCUT2D eigenvalue weighted by molar-refractivity contribution is 5.72. The van der Waals surface area contributed by atoms with Gasteiger partial charge in [-0.25, -0.2) is 0 Å². The lowest BCUT2D eigenvalue weighted by molar-refractivity contribution is -0.166. The summed E-state index contributed by atoms with van der Waals surface area (Å²) in [7, 11) is 0. The third kappa shape index (κ3) is 41.2. The maximum absolute atomic E-state index is 12.7. The van der Waals surface area contributed by atoms with Crippen molar-refractivity contribution < 1.29 is 28.6 Å². The molecule has 0 rings (SSSR count). The monoisotopic (exact) mass is 775 g/mol. The zero-order valence-corrected chi connectivity index (χ0v) is 35.6. The minimum Gasteiger partial charge on any atom is -0.462 e. The summed E-state index contributed by atoms with van der Waals surface area (Å²) in [5.74, 6) is -1.19. The summed E-state index contributed by atoms with van der Waals surface area (Å²) in [6, 6.07) is 0. The summed E-state index contributed by atoms with van der Waals surface area (Å²) in [5, 5.41) is 0. The number of unbranched alkanes of at least 4 members (excludes halogenated alkanes) is 9. The van der Waals surface area contributed by atoms with Crippen LogP contribution in [-0.4, -0.2) is 37.2 Å². The second-order valence-corrected chi connectivity index (χ2v) is 13.8. The normalized spacial score (nSPS) is 13.1. The van der Waals surface area contributed by atoms with Gasteiger partial charge in [-0.05, 0) is 89.9 Å². The average Bonchev–Trinajstić information content (AvgIpc) is 3.19. The van der Waals surface area contributed by atoms with Gasteiger partial charge >= 0.3 is 17.9 Å². The van der Waals surface area contributed by atoms with Crippen molar-refractivity contribution in [2.75, 3.05) is 13.2 Å². The number of carbonyl (C=O) groups is 3. The Morgan fingerprint density at radius 3 is 1.32 bits per heavy atom. The van der Waals surface area contributed by atoms with Crippen LogP contribution in [-0.2, 0) is 28.6 Å². The molecule has 0 amide bonds. The van der Waals surface area contributed by atoms with Gasteiger partial charge in [-0.3, -0.25) is 14.4 Å². The van der Waals surface area contributed by atoms with Crippen LogP contribution in [0.4, 0.5) is 0 Å². The van der Waals surface area contributed by atoms with Gasteiger partial charge in [0.05, 0.1) is 6.42 Å². The first-order valence-electron chi connectivity index (χ1n) is 21.9. The van der Waals surface area contributed by atoms with Gasteiger partial charge < -0.3 is 14.2 Å². The van der Waals surface area contributed by atoms with Crippen LogP contribution in [0.3, 0.4) is 0 Å². The van der Waals surface area contributed by atoms with Crippen molar-refractivity contribution in [1.82, 2.24) is 0 Å². The standard InChI is InChI=1S/C50H78O6/c1-4-7-10-13-16-19-21-23-24-25-27-28-31-34-37-40-43-49(52)55-46-47(45-54-48(51)42-39-36-33-30-18-15-12-9-6-3)56-50(53)44-41-38-35-32-29-26-22-20-17-14-11-8-5-2/h7,9-10,12,16,18-19,23-24,26-30,35-36,38-39,47H,4-6,8,11,13-15,17,20-22,25,31-34,37,40-46H2,1-3H3/b10-7-,12-9-,19-16-,24-23-,28-27-,29-26-,30-18-,38-35-,39-36-. The molecular weight excluding hydrogens is 697 g/mol. The molecule has 1 atom stereocenters. The molecule has 0 aromatic carbocycles. The molecule has 0 aromatic heterocycles. The van der Waals surface area contributed by atoms with Crippen LogP contribution >= 0.6 is 0 Å². The molecule has 0 heterocycles. The van der Waals surface area contributed by atoms with Crippen molar-refractivity contribution in [3.8, 4) is 0 Å². The zero-order valence-electron chi connectivity index (χ0n) is 35.6. The van der Waals surface area contributed by atoms with Gasteiger partial charge in [-0.15, -0.1) is 0 Å². The minimum absolute atomic E-state index is 0.114. The Balaban J connectivity index is 4.58. The van der Waals surface area contributed by atoms with Crippen LogP contribution in [0.2, 0.25) is 0 Å². The van der Waals surface area contributed by atoms with E-state index in [2.05, 4.69) is 112 Å². The van der Waals surface area contributed by atoms with Crippen molar-refractivity contribution in [1.29, 1.82) is 0 Å². The molecule has 0 aromatic rings. The zero-order chi connectivity index (χ0) is 40.8. The number of allylic oxidation sites excluding steroid dienone is 17. The van der Waals surface area contributed by atoms with Crippen LogP contribution < -0.4 is 0 Å². The molecule has 0 saturated carbocycles. The second-order valence-electron chi connectivity index (χ2n) is 13.8. The molecule has 0 aliphatic heterocycles. The number of ether oxygens (including phenoxy) is 3. The van der Waals surface area contributed by atoms with Crippen molar-refractivity contribution in [2.45, 2.75) is 175 Å². The molecular formula is C50H78O6. The number of carbonyl (C=O) groups excluding carboxylic acids is 3. The molecule has 0 spiro atoms. The topological polar surface area (TPSA) is 78.9 Å². The van der Waals surface area contributed by atoms with Crippen LogP contribution in [0, 0.1) is 0 Å². The van der Waals surface area contributed by atoms with E-state index < -0.39 is 18.0 Å². The first-order chi connectivity index (χ1) is 27.5. The molecule has 56 heavy (non-hydrogen) atoms. The van der Waals surface area contributed by atoms with Crippen molar-refractivity contribution in [2.24, 2.45) is 0 Å². The lowest BCUT2D eigenvalue weighted by Crippen LogP contribution is -2.30. The number of hydrogen-bond donors (Lipinski definition) is 0. The fraction of sp³-hybridized carbons (Fsp3) is 0.580. The first kappa shape index (κ1) is 52.1. The van der Waals surface area contributed by atoms with Gasteiger partial charge in [-0.1, -0.05) is 169 Å². The van der Waals surface area contributed by atoms with Gasteiger partial charge in [0.25, 0.3) is 0 Å². The van der Waals surface area contributed by atoms with E-state index in [-0.39, 0.29) is 32.0 Å². The van der Waals surface area contributed by atoms with Crippen molar-refractivity contribution >= 4 is 17.9 Å². The van der Waals surface area contributed by atoms with E-state index in [1.54, 1.807) is 6.08 Å². The van der Waals surface area contributed by atoms with Gasteiger partial charge in [0, 0.05) is 12.8 Å². The predicted molar refractivity (Wildman–Crippen MR) is 237 cm³/mol. The average molecular weight is 775 g/mol. The largest absolute Gasteiger partial charge is 0.462 e. The molecule has 0 aliphatic rings. The smallest absolute Gasteiger partial charge is 0.309 e. The highest BCUT2D eigenvalue weighted by atomic mass is 16.6. The number of hydrogen-bond acceptors (Lipinski definition) is 6. The van der Waals surface area contributed by atoms with Crippen molar-refractivity contribution in [3.63, 3.8) is 0 Å². The lowest BCUT2D eigenvalue weighted by atomic mass is 10.1. The molecule has 314 valence electrons. The van der Waals surface area contributed by atoms with Crippen LogP contribution in [0.25, 0.3) is 0 Å². The summed E-state index contributed by atoms with van der Waals surface area (Å²) in [4.78, 5) is 37.5. The maximum Gasteiger partial charge on any atom is 0.309 e. The van der Waals surface area contributed by atoms with E-state index in [1.807, 2.05) is 12.2 Å². The van der Waals surface area contributed by atoms with Gasteiger partial charge in [0.2, 0.25) is 0 Å². The Morgan fingerprint density at radius 1 is 0.393 bits per heavy atom. The lowest BCUT2D eigenvalue weighted by Gasteiger charge is -2.18. The Labute approximate surface area is 342 Å². The highest BCUT2D eigenvalue weighted by Crippen LogP contribution is 2.09. The minimum atomic E-state index is -0.856. The molecule has 0 N–H and O–H groups in total. The SMILES string of the molecule is CC/C=C\C/C=C\C/C=C\C/C=C\CCCCCC(=O)OCC(COC(=O)C/C=C\C/C=C\C/C=C\CC)OC(=O)CC/C=C\C/C=C\CCCCCCCC. The summed E-state index contributed by atoms with van der Waals surface area (Å²) in [5.41, 5.74) is 0. The van der Waals surface area contributed by atoms with Crippen LogP contribution in [0.5, 0.6) is 0 Å². The molecule has 0 bridgehead atoms. The third-order valence-corrected chi connectivity index (χ3v) is 8.54. The van der Waals surface area contributed by atoms with Crippen molar-refractivity contribution in [3.05, 3.63) is 109 Å². The summed E-state index contributed by atoms with van der Waals surface area (Å²) in [6.45, 7) is 6.18. The molecule has 0 saturated heterocycles. The number of esters is 3. The van der Waals surface area contributed by atoms with Crippen LogP contribution in [0.15, 0.2) is 109 Å². The van der Waals surface area contributed by atoms with E-state index in [4.69, 9.17) is 14.2 Å². The van der Waals surface area contributed by atoms with E-state index in [0.717, 1.165) is 83.5 Å². The Kier molecular flexibility index (Phi) is 40.7. The quantitative estimate of drug-likeness (QED) is 0.0271. The Bertz CT molecular complexity index is 1210. The number of rotatable bonds is 37. The second kappa shape index (κ2) is 43.8. The molecule has 6 nitrogen and oxygen atoms in total. The fourth-order valence-corrected chi connectivity index (χ4v) is 5.31. The highest BCUT2D eigenvalue weighted by Gasteiger charge is 2.19. The Hall–Kier alpha value is -3.93. The van der Waals surface area contributed by atoms with Gasteiger partial charge in [-0.2, -0.15) is 0 Å². The van der Waals surface area contributed by atoms with Crippen LogP contribution in [0.1, 0.15) is 168 Å².